The molecular formula is C7H5BrN2O. The molecule has 1 aromatic heterocycles. The van der Waals surface area contributed by atoms with Crippen molar-refractivity contribution in [3.63, 3.8) is 0 Å². The van der Waals surface area contributed by atoms with Crippen LogP contribution < -0.4 is 5.32 Å². The molecule has 1 aromatic rings. The summed E-state index contributed by atoms with van der Waals surface area (Å²) in [6, 6.07) is 1.78. The molecule has 0 unspecified atom stereocenters. The highest BCUT2D eigenvalue weighted by Crippen LogP contribution is 2.17. The SMILES string of the molecule is O=C1NCc2ncc(Br)cc21. The summed E-state index contributed by atoms with van der Waals surface area (Å²) in [5.74, 6) is -0.0335. The van der Waals surface area contributed by atoms with Gasteiger partial charge in [0.05, 0.1) is 17.8 Å². The molecule has 1 aliphatic rings. The zero-order valence-electron chi connectivity index (χ0n) is 5.60. The van der Waals surface area contributed by atoms with Crippen LogP contribution in [0.15, 0.2) is 16.7 Å². The van der Waals surface area contributed by atoms with Crippen LogP contribution >= 0.6 is 15.9 Å². The third-order valence-electron chi connectivity index (χ3n) is 1.60. The molecule has 4 heteroatoms. The van der Waals surface area contributed by atoms with Crippen LogP contribution in [0.3, 0.4) is 0 Å². The predicted octanol–water partition coefficient (Wildman–Crippen LogP) is 1.09. The van der Waals surface area contributed by atoms with Crippen LogP contribution in [-0.4, -0.2) is 10.9 Å². The zero-order valence-corrected chi connectivity index (χ0v) is 7.18. The average Bonchev–Trinajstić information content (AvgIpc) is 2.33. The first-order valence-electron chi connectivity index (χ1n) is 3.20. The van der Waals surface area contributed by atoms with Crippen molar-refractivity contribution in [3.8, 4) is 0 Å². The van der Waals surface area contributed by atoms with E-state index in [9.17, 15) is 4.79 Å². The third kappa shape index (κ3) is 1.03. The first kappa shape index (κ1) is 6.79. The summed E-state index contributed by atoms with van der Waals surface area (Å²) in [7, 11) is 0. The standard InChI is InChI=1S/C7H5BrN2O/c8-4-1-5-6(9-2-4)3-10-7(5)11/h1-2H,3H2,(H,10,11). The molecule has 0 aromatic carbocycles. The number of nitrogens with one attached hydrogen (secondary N) is 1. The fourth-order valence-electron chi connectivity index (χ4n) is 1.06. The van der Waals surface area contributed by atoms with Gasteiger partial charge in [0.2, 0.25) is 0 Å². The number of carbonyl (C=O) groups is 1. The third-order valence-corrected chi connectivity index (χ3v) is 2.03. The van der Waals surface area contributed by atoms with Gasteiger partial charge in [-0.1, -0.05) is 0 Å². The number of halogens is 1. The van der Waals surface area contributed by atoms with Crippen LogP contribution in [0.1, 0.15) is 16.1 Å². The molecule has 1 N–H and O–H groups in total. The van der Waals surface area contributed by atoms with E-state index >= 15 is 0 Å². The van der Waals surface area contributed by atoms with E-state index in [1.165, 1.54) is 0 Å². The molecule has 0 spiro atoms. The Bertz CT molecular complexity index is 324. The van der Waals surface area contributed by atoms with Crippen LogP contribution in [0.2, 0.25) is 0 Å². The van der Waals surface area contributed by atoms with Crippen molar-refractivity contribution < 1.29 is 4.79 Å². The summed E-state index contributed by atoms with van der Waals surface area (Å²) >= 11 is 3.25. The number of aromatic nitrogens is 1. The Morgan fingerprint density at radius 3 is 3.27 bits per heavy atom. The van der Waals surface area contributed by atoms with Crippen LogP contribution in [0, 0.1) is 0 Å². The summed E-state index contributed by atoms with van der Waals surface area (Å²) in [4.78, 5) is 15.1. The van der Waals surface area contributed by atoms with Gasteiger partial charge in [-0.25, -0.2) is 0 Å². The minimum Gasteiger partial charge on any atom is -0.346 e. The van der Waals surface area contributed by atoms with Crippen molar-refractivity contribution >= 4 is 21.8 Å². The zero-order chi connectivity index (χ0) is 7.84. The number of nitrogens with zero attached hydrogens (tertiary/aromatic N) is 1. The maximum Gasteiger partial charge on any atom is 0.253 e. The van der Waals surface area contributed by atoms with E-state index in [1.54, 1.807) is 12.3 Å². The number of rotatable bonds is 0. The van der Waals surface area contributed by atoms with Crippen molar-refractivity contribution in [1.29, 1.82) is 0 Å². The van der Waals surface area contributed by atoms with Gasteiger partial charge in [0.1, 0.15) is 0 Å². The molecule has 0 radical (unpaired) electrons. The van der Waals surface area contributed by atoms with E-state index in [2.05, 4.69) is 26.2 Å². The Kier molecular flexibility index (Phi) is 1.42. The smallest absolute Gasteiger partial charge is 0.253 e. The van der Waals surface area contributed by atoms with Gasteiger partial charge in [0.15, 0.2) is 0 Å². The molecule has 0 atom stereocenters. The van der Waals surface area contributed by atoms with Gasteiger partial charge in [-0.3, -0.25) is 9.78 Å². The summed E-state index contributed by atoms with van der Waals surface area (Å²) in [5.41, 5.74) is 1.51. The molecule has 2 rings (SSSR count). The molecule has 0 fully saturated rings. The molecule has 3 nitrogen and oxygen atoms in total. The van der Waals surface area contributed by atoms with E-state index in [-0.39, 0.29) is 5.91 Å². The summed E-state index contributed by atoms with van der Waals surface area (Å²) in [6.45, 7) is 0.557. The highest BCUT2D eigenvalue weighted by molar-refractivity contribution is 9.10. The van der Waals surface area contributed by atoms with Crippen molar-refractivity contribution in [3.05, 3.63) is 28.0 Å². The molecule has 0 bridgehead atoms. The molecule has 0 saturated heterocycles. The molecule has 0 saturated carbocycles. The molecule has 56 valence electrons. The number of carbonyl (C=O) groups excluding carboxylic acids is 1. The van der Waals surface area contributed by atoms with E-state index in [0.717, 1.165) is 10.2 Å². The normalized spacial score (nSPS) is 14.5. The Morgan fingerprint density at radius 2 is 2.45 bits per heavy atom. The number of fused-ring (bicyclic) bond motifs is 1. The molecular weight excluding hydrogens is 208 g/mol. The minimum absolute atomic E-state index is 0.0335. The molecule has 1 amide bonds. The van der Waals surface area contributed by atoms with Gasteiger partial charge in [-0.05, 0) is 22.0 Å². The Hall–Kier alpha value is -0.900. The lowest BCUT2D eigenvalue weighted by atomic mass is 10.2. The molecule has 2 heterocycles. The van der Waals surface area contributed by atoms with Gasteiger partial charge in [0.25, 0.3) is 5.91 Å². The van der Waals surface area contributed by atoms with Crippen LogP contribution in [0.4, 0.5) is 0 Å². The highest BCUT2D eigenvalue weighted by atomic mass is 79.9. The lowest BCUT2D eigenvalue weighted by molar-refractivity contribution is 0.0965. The van der Waals surface area contributed by atoms with Crippen molar-refractivity contribution in [2.45, 2.75) is 6.54 Å². The second-order valence-corrected chi connectivity index (χ2v) is 3.25. The highest BCUT2D eigenvalue weighted by Gasteiger charge is 2.19. The van der Waals surface area contributed by atoms with Gasteiger partial charge in [-0.2, -0.15) is 0 Å². The fraction of sp³-hybridized carbons (Fsp3) is 0.143. The van der Waals surface area contributed by atoms with Gasteiger partial charge in [-0.15, -0.1) is 0 Å². The fourth-order valence-corrected chi connectivity index (χ4v) is 1.40. The van der Waals surface area contributed by atoms with Crippen molar-refractivity contribution in [2.75, 3.05) is 0 Å². The van der Waals surface area contributed by atoms with Gasteiger partial charge >= 0.3 is 0 Å². The van der Waals surface area contributed by atoms with Gasteiger partial charge in [0, 0.05) is 10.7 Å². The predicted molar refractivity (Wildman–Crippen MR) is 43.1 cm³/mol. The van der Waals surface area contributed by atoms with Gasteiger partial charge < -0.3 is 5.32 Å². The van der Waals surface area contributed by atoms with Crippen LogP contribution in [0.25, 0.3) is 0 Å². The summed E-state index contributed by atoms with van der Waals surface area (Å²) in [6.07, 6.45) is 1.69. The lowest BCUT2D eigenvalue weighted by Gasteiger charge is -1.93. The average molecular weight is 213 g/mol. The quantitative estimate of drug-likeness (QED) is 0.700. The number of hydrogen-bond acceptors (Lipinski definition) is 2. The second-order valence-electron chi connectivity index (χ2n) is 2.33. The molecule has 0 aliphatic carbocycles. The second kappa shape index (κ2) is 2.30. The largest absolute Gasteiger partial charge is 0.346 e. The monoisotopic (exact) mass is 212 g/mol. The summed E-state index contributed by atoms with van der Waals surface area (Å²) < 4.78 is 0.841. The maximum absolute atomic E-state index is 11.0. The number of hydrogen-bond donors (Lipinski definition) is 1. The first-order chi connectivity index (χ1) is 5.27. The first-order valence-corrected chi connectivity index (χ1v) is 3.99. The Balaban J connectivity index is 2.60. The topological polar surface area (TPSA) is 42.0 Å². The molecule has 1 aliphatic heterocycles. The van der Waals surface area contributed by atoms with Crippen molar-refractivity contribution in [1.82, 2.24) is 10.3 Å². The van der Waals surface area contributed by atoms with E-state index in [0.29, 0.717) is 12.1 Å². The minimum atomic E-state index is -0.0335. The van der Waals surface area contributed by atoms with Crippen molar-refractivity contribution in [2.24, 2.45) is 0 Å². The van der Waals surface area contributed by atoms with E-state index in [1.807, 2.05) is 0 Å². The number of pyridine rings is 1. The van der Waals surface area contributed by atoms with Crippen LogP contribution in [-0.2, 0) is 6.54 Å². The van der Waals surface area contributed by atoms with E-state index < -0.39 is 0 Å². The van der Waals surface area contributed by atoms with E-state index in [4.69, 9.17) is 0 Å². The number of amides is 1. The summed E-state index contributed by atoms with van der Waals surface area (Å²) in [5, 5.41) is 2.69. The van der Waals surface area contributed by atoms with Crippen LogP contribution in [0.5, 0.6) is 0 Å². The molecule has 11 heavy (non-hydrogen) atoms. The lowest BCUT2D eigenvalue weighted by Crippen LogP contribution is -2.12. The Morgan fingerprint density at radius 1 is 1.64 bits per heavy atom. The Labute approximate surface area is 72.0 Å². The maximum atomic E-state index is 11.0.